The maximum Gasteiger partial charge on any atom is 0.338 e. The van der Waals surface area contributed by atoms with E-state index in [1.54, 1.807) is 12.2 Å². The van der Waals surface area contributed by atoms with Gasteiger partial charge in [0.2, 0.25) is 0 Å². The summed E-state index contributed by atoms with van der Waals surface area (Å²) in [4.78, 5) is 22.1. The van der Waals surface area contributed by atoms with E-state index in [9.17, 15) is 14.9 Å². The van der Waals surface area contributed by atoms with Crippen molar-refractivity contribution in [2.24, 2.45) is 5.73 Å². The Hall–Kier alpha value is -2.61. The minimum atomic E-state index is -0.675. The van der Waals surface area contributed by atoms with Crippen LogP contribution in [-0.2, 0) is 4.74 Å². The van der Waals surface area contributed by atoms with Gasteiger partial charge in [-0.3, -0.25) is 10.1 Å². The molecule has 0 aliphatic carbocycles. The van der Waals surface area contributed by atoms with Gasteiger partial charge < -0.3 is 20.5 Å². The second kappa shape index (κ2) is 7.85. The molecule has 0 saturated heterocycles. The number of rotatable bonds is 7. The lowest BCUT2D eigenvalue weighted by molar-refractivity contribution is -0.384. The van der Waals surface area contributed by atoms with Crippen LogP contribution in [0.15, 0.2) is 24.3 Å². The molecule has 0 radical (unpaired) electrons. The van der Waals surface area contributed by atoms with Gasteiger partial charge >= 0.3 is 5.97 Å². The summed E-state index contributed by atoms with van der Waals surface area (Å²) in [6.45, 7) is 0.716. The van der Waals surface area contributed by atoms with Crippen LogP contribution in [0.4, 0.5) is 11.4 Å². The predicted octanol–water partition coefficient (Wildman–Crippen LogP) is 1.32. The van der Waals surface area contributed by atoms with E-state index < -0.39 is 10.9 Å². The van der Waals surface area contributed by atoms with Crippen LogP contribution < -0.4 is 15.8 Å². The molecule has 21 heavy (non-hydrogen) atoms. The zero-order valence-electron chi connectivity index (χ0n) is 11.8. The first-order valence-electron chi connectivity index (χ1n) is 6.08. The molecule has 0 unspecified atom stereocenters. The van der Waals surface area contributed by atoms with Crippen LogP contribution in [0, 0.1) is 10.1 Å². The fourth-order valence-electron chi connectivity index (χ4n) is 1.66. The third kappa shape index (κ3) is 4.18. The molecular formula is C13H17N3O5. The lowest BCUT2D eigenvalue weighted by Gasteiger charge is -2.11. The first kappa shape index (κ1) is 16.4. The number of ether oxygens (including phenoxy) is 2. The van der Waals surface area contributed by atoms with Crippen molar-refractivity contribution in [3.63, 3.8) is 0 Å². The number of esters is 1. The maximum atomic E-state index is 11.5. The molecule has 8 heteroatoms. The number of anilines is 1. The van der Waals surface area contributed by atoms with Crippen molar-refractivity contribution in [3.8, 4) is 5.75 Å². The van der Waals surface area contributed by atoms with E-state index >= 15 is 0 Å². The molecule has 1 aromatic carbocycles. The van der Waals surface area contributed by atoms with Gasteiger partial charge in [0.05, 0.1) is 24.7 Å². The van der Waals surface area contributed by atoms with Gasteiger partial charge in [-0.2, -0.15) is 0 Å². The summed E-state index contributed by atoms with van der Waals surface area (Å²) in [5.74, 6) is -0.489. The second-order valence-electron chi connectivity index (χ2n) is 3.91. The molecule has 0 atom stereocenters. The summed E-state index contributed by atoms with van der Waals surface area (Å²) in [7, 11) is 2.56. The Morgan fingerprint density at radius 2 is 2.14 bits per heavy atom. The number of hydrogen-bond donors (Lipinski definition) is 2. The molecule has 0 aromatic heterocycles. The number of hydrogen-bond acceptors (Lipinski definition) is 7. The fourth-order valence-corrected chi connectivity index (χ4v) is 1.66. The lowest BCUT2D eigenvalue weighted by Crippen LogP contribution is -2.08. The van der Waals surface area contributed by atoms with Gasteiger partial charge in [-0.1, -0.05) is 12.2 Å². The summed E-state index contributed by atoms with van der Waals surface area (Å²) >= 11 is 0. The van der Waals surface area contributed by atoms with Crippen LogP contribution in [0.5, 0.6) is 5.75 Å². The highest BCUT2D eigenvalue weighted by molar-refractivity contribution is 5.92. The van der Waals surface area contributed by atoms with E-state index in [1.807, 2.05) is 0 Å². The molecule has 0 heterocycles. The van der Waals surface area contributed by atoms with Gasteiger partial charge in [-0.25, -0.2) is 4.79 Å². The number of benzene rings is 1. The monoisotopic (exact) mass is 295 g/mol. The van der Waals surface area contributed by atoms with Crippen molar-refractivity contribution in [1.29, 1.82) is 0 Å². The van der Waals surface area contributed by atoms with Gasteiger partial charge in [0.25, 0.3) is 5.69 Å². The molecule has 3 N–H and O–H groups in total. The summed E-state index contributed by atoms with van der Waals surface area (Å²) in [6.07, 6.45) is 3.45. The van der Waals surface area contributed by atoms with Crippen molar-refractivity contribution in [3.05, 3.63) is 40.0 Å². The highest BCUT2D eigenvalue weighted by Gasteiger charge is 2.22. The van der Waals surface area contributed by atoms with Crippen molar-refractivity contribution in [2.45, 2.75) is 0 Å². The lowest BCUT2D eigenvalue weighted by atomic mass is 10.1. The van der Waals surface area contributed by atoms with E-state index in [0.29, 0.717) is 13.1 Å². The normalized spacial score (nSPS) is 10.4. The topological polar surface area (TPSA) is 117 Å². The van der Waals surface area contributed by atoms with Gasteiger partial charge in [0, 0.05) is 19.2 Å². The van der Waals surface area contributed by atoms with Gasteiger partial charge in [-0.15, -0.1) is 0 Å². The van der Waals surface area contributed by atoms with Gasteiger partial charge in [0.1, 0.15) is 5.75 Å². The van der Waals surface area contributed by atoms with Crippen LogP contribution in [0.2, 0.25) is 0 Å². The smallest absolute Gasteiger partial charge is 0.338 e. The molecular weight excluding hydrogens is 278 g/mol. The zero-order valence-corrected chi connectivity index (χ0v) is 11.8. The molecule has 0 aliphatic rings. The van der Waals surface area contributed by atoms with Crippen LogP contribution in [-0.4, -0.2) is 38.2 Å². The number of nitro groups is 1. The number of carbonyl (C=O) groups excluding carboxylic acids is 1. The Labute approximate surface area is 121 Å². The largest absolute Gasteiger partial charge is 0.494 e. The Balaban J connectivity index is 3.23. The van der Waals surface area contributed by atoms with Crippen molar-refractivity contribution >= 4 is 17.3 Å². The zero-order chi connectivity index (χ0) is 15.8. The average molecular weight is 295 g/mol. The first-order chi connectivity index (χ1) is 10.0. The van der Waals surface area contributed by atoms with Crippen molar-refractivity contribution in [1.82, 2.24) is 0 Å². The Morgan fingerprint density at radius 1 is 1.43 bits per heavy atom. The fraction of sp³-hybridized carbons (Fsp3) is 0.308. The summed E-state index contributed by atoms with van der Waals surface area (Å²) in [5, 5.41) is 14.0. The Morgan fingerprint density at radius 3 is 2.67 bits per heavy atom. The third-order valence-corrected chi connectivity index (χ3v) is 2.62. The van der Waals surface area contributed by atoms with E-state index in [2.05, 4.69) is 10.1 Å². The molecule has 0 bridgehead atoms. The number of carbonyl (C=O) groups is 1. The number of nitro benzene ring substituents is 1. The highest BCUT2D eigenvalue weighted by Crippen LogP contribution is 2.36. The first-order valence-corrected chi connectivity index (χ1v) is 6.08. The summed E-state index contributed by atoms with van der Waals surface area (Å²) < 4.78 is 9.67. The average Bonchev–Trinajstić information content (AvgIpc) is 2.49. The molecule has 8 nitrogen and oxygen atoms in total. The van der Waals surface area contributed by atoms with Crippen LogP contribution >= 0.6 is 0 Å². The third-order valence-electron chi connectivity index (χ3n) is 2.62. The number of methoxy groups -OCH3 is 2. The van der Waals surface area contributed by atoms with Crippen LogP contribution in [0.1, 0.15) is 10.4 Å². The molecule has 0 saturated carbocycles. The molecule has 0 fully saturated rings. The van der Waals surface area contributed by atoms with Crippen molar-refractivity contribution < 1.29 is 19.2 Å². The van der Waals surface area contributed by atoms with E-state index in [1.165, 1.54) is 20.3 Å². The number of nitrogens with two attached hydrogens (primary N) is 1. The molecule has 1 aromatic rings. The van der Waals surface area contributed by atoms with Crippen LogP contribution in [0.25, 0.3) is 0 Å². The SMILES string of the molecule is COC(=O)c1cc(OC)c(NC/C=C/CN)c([N+](=O)[O-])c1. The van der Waals surface area contributed by atoms with E-state index in [0.717, 1.165) is 6.07 Å². The molecule has 114 valence electrons. The van der Waals surface area contributed by atoms with Gasteiger partial charge in [-0.05, 0) is 6.07 Å². The Bertz CT molecular complexity index is 557. The summed E-state index contributed by atoms with van der Waals surface area (Å²) in [6, 6.07) is 2.52. The van der Waals surface area contributed by atoms with E-state index in [4.69, 9.17) is 10.5 Å². The second-order valence-corrected chi connectivity index (χ2v) is 3.91. The summed E-state index contributed by atoms with van der Waals surface area (Å²) in [5.41, 5.74) is 5.28. The quantitative estimate of drug-likeness (QED) is 0.337. The van der Waals surface area contributed by atoms with Crippen LogP contribution in [0.3, 0.4) is 0 Å². The van der Waals surface area contributed by atoms with E-state index in [-0.39, 0.29) is 22.7 Å². The maximum absolute atomic E-state index is 11.5. The highest BCUT2D eigenvalue weighted by atomic mass is 16.6. The number of nitrogens with zero attached hydrogens (tertiary/aromatic N) is 1. The standard InChI is InChI=1S/C13H17N3O5/c1-20-11-8-9(13(17)21-2)7-10(16(18)19)12(11)15-6-4-3-5-14/h3-4,7-8,15H,5-6,14H2,1-2H3/b4-3+. The number of nitrogens with one attached hydrogen (secondary N) is 1. The molecule has 0 amide bonds. The minimum Gasteiger partial charge on any atom is -0.494 e. The van der Waals surface area contributed by atoms with Gasteiger partial charge in [0.15, 0.2) is 5.69 Å². The minimum absolute atomic E-state index is 0.0455. The molecule has 1 rings (SSSR count). The van der Waals surface area contributed by atoms with Crippen molar-refractivity contribution in [2.75, 3.05) is 32.6 Å². The Kier molecular flexibility index (Phi) is 6.15. The molecule has 0 spiro atoms. The molecule has 0 aliphatic heterocycles. The predicted molar refractivity (Wildman–Crippen MR) is 77.7 cm³/mol.